The summed E-state index contributed by atoms with van der Waals surface area (Å²) in [6.07, 6.45) is 0.812. The summed E-state index contributed by atoms with van der Waals surface area (Å²) in [4.78, 5) is 22.6. The van der Waals surface area contributed by atoms with Gasteiger partial charge in [-0.3, -0.25) is 9.59 Å². The molecule has 1 aliphatic carbocycles. The molecule has 0 atom stereocenters. The normalized spacial score (nSPS) is 17.9. The molecule has 1 aliphatic rings. The number of carbonyl (C=O) groups is 2. The van der Waals surface area contributed by atoms with Crippen LogP contribution in [0, 0.1) is 5.82 Å². The molecule has 84 valence electrons. The minimum atomic E-state index is -0.336. The smallest absolute Gasteiger partial charge is 0.140 e. The first-order valence-electron chi connectivity index (χ1n) is 5.04. The predicted molar refractivity (Wildman–Crippen MR) is 60.7 cm³/mol. The number of hydrogen-bond donors (Lipinski definition) is 0. The van der Waals surface area contributed by atoms with Gasteiger partial charge in [-0.05, 0) is 39.5 Å². The lowest BCUT2D eigenvalue weighted by Crippen LogP contribution is -2.21. The van der Waals surface area contributed by atoms with E-state index in [0.717, 1.165) is 5.56 Å². The fraction of sp³-hybridized carbons (Fsp3) is 0.333. The molecule has 16 heavy (non-hydrogen) atoms. The van der Waals surface area contributed by atoms with E-state index in [-0.39, 0.29) is 29.7 Å². The number of ketones is 2. The summed E-state index contributed by atoms with van der Waals surface area (Å²) >= 11 is 3.10. The monoisotopic (exact) mass is 284 g/mol. The van der Waals surface area contributed by atoms with E-state index in [1.54, 1.807) is 12.1 Å². The number of hydrogen-bond acceptors (Lipinski definition) is 2. The number of carbonyl (C=O) groups excluding carboxylic acids is 2. The van der Waals surface area contributed by atoms with Crippen LogP contribution in [0.25, 0.3) is 0 Å². The van der Waals surface area contributed by atoms with Crippen molar-refractivity contribution in [3.05, 3.63) is 34.1 Å². The Morgan fingerprint density at radius 3 is 2.38 bits per heavy atom. The van der Waals surface area contributed by atoms with Crippen molar-refractivity contribution in [2.45, 2.75) is 25.2 Å². The van der Waals surface area contributed by atoms with Gasteiger partial charge in [0.1, 0.15) is 17.4 Å². The molecule has 0 aromatic heterocycles. The molecule has 0 heterocycles. The minimum Gasteiger partial charge on any atom is -0.299 e. The standard InChI is InChI=1S/C12H10BrFO2/c13-11-5-7(1-2-12(11)14)8-3-9(15)6-10(16)4-8/h1-2,5,8H,3-4,6H2. The van der Waals surface area contributed by atoms with E-state index in [9.17, 15) is 14.0 Å². The number of halogens is 2. The van der Waals surface area contributed by atoms with Crippen LogP contribution in [0.3, 0.4) is 0 Å². The largest absolute Gasteiger partial charge is 0.299 e. The van der Waals surface area contributed by atoms with Gasteiger partial charge in [0.15, 0.2) is 0 Å². The van der Waals surface area contributed by atoms with Crippen molar-refractivity contribution >= 4 is 27.5 Å². The van der Waals surface area contributed by atoms with Crippen LogP contribution in [0.4, 0.5) is 4.39 Å². The highest BCUT2D eigenvalue weighted by atomic mass is 79.9. The third kappa shape index (κ3) is 2.38. The van der Waals surface area contributed by atoms with E-state index in [1.165, 1.54) is 6.07 Å². The second-order valence-electron chi connectivity index (χ2n) is 4.03. The minimum absolute atomic E-state index is 0.0262. The van der Waals surface area contributed by atoms with E-state index in [2.05, 4.69) is 15.9 Å². The topological polar surface area (TPSA) is 34.1 Å². The summed E-state index contributed by atoms with van der Waals surface area (Å²) in [6, 6.07) is 4.63. The van der Waals surface area contributed by atoms with Crippen molar-refractivity contribution in [3.63, 3.8) is 0 Å². The average Bonchev–Trinajstić information content (AvgIpc) is 2.20. The lowest BCUT2D eigenvalue weighted by atomic mass is 9.83. The molecule has 0 N–H and O–H groups in total. The Morgan fingerprint density at radius 2 is 1.81 bits per heavy atom. The van der Waals surface area contributed by atoms with Crippen LogP contribution in [0.15, 0.2) is 22.7 Å². The lowest BCUT2D eigenvalue weighted by Gasteiger charge is -2.20. The molecule has 1 saturated carbocycles. The number of benzene rings is 1. The number of Topliss-reactive ketones (excluding diaryl/α,β-unsaturated/α-hetero) is 2. The van der Waals surface area contributed by atoms with Crippen LogP contribution in [0.2, 0.25) is 0 Å². The average molecular weight is 285 g/mol. The van der Waals surface area contributed by atoms with Gasteiger partial charge in [0, 0.05) is 12.8 Å². The maximum absolute atomic E-state index is 13.0. The zero-order chi connectivity index (χ0) is 11.7. The fourth-order valence-corrected chi connectivity index (χ4v) is 2.38. The second-order valence-corrected chi connectivity index (χ2v) is 4.89. The summed E-state index contributed by atoms with van der Waals surface area (Å²) in [5.41, 5.74) is 0.842. The van der Waals surface area contributed by atoms with Crippen LogP contribution in [0.1, 0.15) is 30.7 Å². The van der Waals surface area contributed by atoms with Gasteiger partial charge in [-0.25, -0.2) is 4.39 Å². The molecule has 0 amide bonds. The molecule has 0 saturated heterocycles. The van der Waals surface area contributed by atoms with Gasteiger partial charge >= 0.3 is 0 Å². The molecule has 1 aromatic carbocycles. The van der Waals surface area contributed by atoms with Gasteiger partial charge in [0.25, 0.3) is 0 Å². The van der Waals surface area contributed by atoms with Gasteiger partial charge in [-0.2, -0.15) is 0 Å². The Labute approximate surface area is 101 Å². The van der Waals surface area contributed by atoms with E-state index in [1.807, 2.05) is 0 Å². The van der Waals surface area contributed by atoms with Gasteiger partial charge in [0.05, 0.1) is 10.9 Å². The molecule has 0 spiro atoms. The Morgan fingerprint density at radius 1 is 1.19 bits per heavy atom. The lowest BCUT2D eigenvalue weighted by molar-refractivity contribution is -0.130. The van der Waals surface area contributed by atoms with E-state index in [4.69, 9.17) is 0 Å². The third-order valence-electron chi connectivity index (χ3n) is 2.76. The molecule has 4 heteroatoms. The zero-order valence-corrected chi connectivity index (χ0v) is 10.1. The van der Waals surface area contributed by atoms with Gasteiger partial charge in [-0.1, -0.05) is 6.07 Å². The number of rotatable bonds is 1. The van der Waals surface area contributed by atoms with Crippen LogP contribution >= 0.6 is 15.9 Å². The highest BCUT2D eigenvalue weighted by Crippen LogP contribution is 2.31. The summed E-state index contributed by atoms with van der Waals surface area (Å²) < 4.78 is 13.4. The maximum atomic E-state index is 13.0. The van der Waals surface area contributed by atoms with Gasteiger partial charge in [0.2, 0.25) is 0 Å². The maximum Gasteiger partial charge on any atom is 0.140 e. The first-order chi connectivity index (χ1) is 7.56. The summed E-state index contributed by atoms with van der Waals surface area (Å²) in [7, 11) is 0. The molecule has 1 aromatic rings. The second kappa shape index (κ2) is 4.45. The summed E-state index contributed by atoms with van der Waals surface area (Å²) in [5, 5.41) is 0. The molecule has 0 unspecified atom stereocenters. The van der Waals surface area contributed by atoms with Crippen molar-refractivity contribution in [1.82, 2.24) is 0 Å². The molecule has 0 bridgehead atoms. The summed E-state index contributed by atoms with van der Waals surface area (Å²) in [6.45, 7) is 0. The first kappa shape index (κ1) is 11.5. The van der Waals surface area contributed by atoms with E-state index < -0.39 is 0 Å². The van der Waals surface area contributed by atoms with Crippen LogP contribution in [-0.4, -0.2) is 11.6 Å². The molecule has 0 aliphatic heterocycles. The highest BCUT2D eigenvalue weighted by Gasteiger charge is 2.26. The predicted octanol–water partition coefficient (Wildman–Crippen LogP) is 2.99. The van der Waals surface area contributed by atoms with Gasteiger partial charge < -0.3 is 0 Å². The molecular weight excluding hydrogens is 275 g/mol. The SMILES string of the molecule is O=C1CC(=O)CC(c2ccc(F)c(Br)c2)C1. The van der Waals surface area contributed by atoms with Crippen molar-refractivity contribution in [2.24, 2.45) is 0 Å². The van der Waals surface area contributed by atoms with Crippen molar-refractivity contribution in [2.75, 3.05) is 0 Å². The molecule has 1 fully saturated rings. The Bertz CT molecular complexity index is 440. The zero-order valence-electron chi connectivity index (χ0n) is 8.50. The summed E-state index contributed by atoms with van der Waals surface area (Å²) in [5.74, 6) is -0.480. The first-order valence-corrected chi connectivity index (χ1v) is 5.84. The quantitative estimate of drug-likeness (QED) is 0.743. The van der Waals surface area contributed by atoms with Crippen LogP contribution < -0.4 is 0 Å². The molecule has 0 radical (unpaired) electrons. The fourth-order valence-electron chi connectivity index (χ4n) is 1.99. The van der Waals surface area contributed by atoms with Crippen molar-refractivity contribution < 1.29 is 14.0 Å². The van der Waals surface area contributed by atoms with E-state index in [0.29, 0.717) is 17.3 Å². The molecule has 2 nitrogen and oxygen atoms in total. The molecular formula is C12H10BrFO2. The van der Waals surface area contributed by atoms with E-state index >= 15 is 0 Å². The molecule has 2 rings (SSSR count). The Kier molecular flexibility index (Phi) is 3.19. The van der Waals surface area contributed by atoms with Crippen LogP contribution in [-0.2, 0) is 9.59 Å². The third-order valence-corrected chi connectivity index (χ3v) is 3.37. The van der Waals surface area contributed by atoms with Gasteiger partial charge in [-0.15, -0.1) is 0 Å². The highest BCUT2D eigenvalue weighted by molar-refractivity contribution is 9.10. The Hall–Kier alpha value is -1.03. The Balaban J connectivity index is 2.26. The van der Waals surface area contributed by atoms with Crippen LogP contribution in [0.5, 0.6) is 0 Å². The van der Waals surface area contributed by atoms with Crippen molar-refractivity contribution in [1.29, 1.82) is 0 Å². The van der Waals surface area contributed by atoms with Crippen molar-refractivity contribution in [3.8, 4) is 0 Å².